The van der Waals surface area contributed by atoms with Gasteiger partial charge in [0.05, 0.1) is 18.2 Å². The van der Waals surface area contributed by atoms with Crippen LogP contribution < -0.4 is 16.0 Å². The summed E-state index contributed by atoms with van der Waals surface area (Å²) >= 11 is 2.96. The standard InChI is InChI=1S/C29H39FN4O3S2/c1-19(2)37-28(35)26(12-15-38-4)33-20(3)25-16-23(8-7-21(25)11-13-30)32-18-24-9-10-27(34-24)39-29(36)22-6-5-14-31-17-22/h5-8,14,16-17,19,24,26-27,32-34H,3,9-13,15,18H2,1-2,4H3. The second-order valence-corrected chi connectivity index (χ2v) is 11.9. The molecule has 2 heterocycles. The van der Waals surface area contributed by atoms with Crippen LogP contribution in [0.4, 0.5) is 10.1 Å². The number of aromatic nitrogens is 1. The maximum absolute atomic E-state index is 13.3. The van der Waals surface area contributed by atoms with Crippen LogP contribution in [0.25, 0.3) is 5.70 Å². The predicted octanol–water partition coefficient (Wildman–Crippen LogP) is 5.29. The fourth-order valence-corrected chi connectivity index (χ4v) is 5.83. The van der Waals surface area contributed by atoms with Crippen molar-refractivity contribution in [3.05, 3.63) is 66.0 Å². The zero-order valence-electron chi connectivity index (χ0n) is 22.9. The molecule has 0 saturated carbocycles. The van der Waals surface area contributed by atoms with Crippen molar-refractivity contribution in [1.29, 1.82) is 0 Å². The highest BCUT2D eigenvalue weighted by atomic mass is 32.2. The number of thioether (sulfide) groups is 2. The van der Waals surface area contributed by atoms with Crippen molar-refractivity contribution in [2.45, 2.75) is 63.1 Å². The molecule has 212 valence electrons. The van der Waals surface area contributed by atoms with Gasteiger partial charge >= 0.3 is 5.97 Å². The Morgan fingerprint density at radius 2 is 2.10 bits per heavy atom. The van der Waals surface area contributed by atoms with Crippen LogP contribution in [0.5, 0.6) is 0 Å². The van der Waals surface area contributed by atoms with E-state index in [9.17, 15) is 14.0 Å². The number of nitrogens with zero attached hydrogens (tertiary/aromatic N) is 1. The fraction of sp³-hybridized carbons (Fsp3) is 0.483. The SMILES string of the molecule is C=C(NC(CCSC)C(=O)OC(C)C)c1cc(NCC2CCC(SC(=O)c3cccnc3)N2)ccc1CCF. The molecule has 0 aliphatic carbocycles. The topological polar surface area (TPSA) is 92.4 Å². The van der Waals surface area contributed by atoms with E-state index < -0.39 is 12.7 Å². The van der Waals surface area contributed by atoms with Crippen LogP contribution >= 0.6 is 23.5 Å². The summed E-state index contributed by atoms with van der Waals surface area (Å²) in [6.45, 7) is 8.03. The Labute approximate surface area is 239 Å². The highest BCUT2D eigenvalue weighted by Crippen LogP contribution is 2.27. The first kappa shape index (κ1) is 31.0. The first-order valence-corrected chi connectivity index (χ1v) is 15.5. The lowest BCUT2D eigenvalue weighted by Gasteiger charge is -2.23. The Morgan fingerprint density at radius 1 is 1.28 bits per heavy atom. The number of ether oxygens (including phenoxy) is 1. The number of alkyl halides is 1. The van der Waals surface area contributed by atoms with Gasteiger partial charge in [0.1, 0.15) is 6.04 Å². The normalized spacial score (nSPS) is 17.6. The zero-order chi connectivity index (χ0) is 28.2. The third-order valence-corrected chi connectivity index (χ3v) is 8.04. The van der Waals surface area contributed by atoms with Crippen molar-refractivity contribution in [1.82, 2.24) is 15.6 Å². The third-order valence-electron chi connectivity index (χ3n) is 6.29. The number of hydrogen-bond acceptors (Lipinski definition) is 9. The molecule has 3 N–H and O–H groups in total. The number of carbonyl (C=O) groups is 2. The first-order valence-electron chi connectivity index (χ1n) is 13.3. The van der Waals surface area contributed by atoms with E-state index in [1.165, 1.54) is 11.8 Å². The van der Waals surface area contributed by atoms with E-state index in [-0.39, 0.29) is 35.0 Å². The Balaban J connectivity index is 1.61. The monoisotopic (exact) mass is 574 g/mol. The van der Waals surface area contributed by atoms with Gasteiger partial charge in [-0.1, -0.05) is 24.4 Å². The maximum Gasteiger partial charge on any atom is 0.328 e. The number of rotatable bonds is 15. The summed E-state index contributed by atoms with van der Waals surface area (Å²) in [5.41, 5.74) is 3.65. The number of halogens is 1. The molecule has 7 nitrogen and oxygen atoms in total. The molecule has 1 saturated heterocycles. The number of pyridine rings is 1. The summed E-state index contributed by atoms with van der Waals surface area (Å²) in [6, 6.07) is 9.01. The third kappa shape index (κ3) is 9.85. The molecule has 0 radical (unpaired) electrons. The summed E-state index contributed by atoms with van der Waals surface area (Å²) in [6.07, 6.45) is 7.72. The summed E-state index contributed by atoms with van der Waals surface area (Å²) in [4.78, 5) is 29.2. The lowest BCUT2D eigenvalue weighted by atomic mass is 10.0. The number of anilines is 1. The van der Waals surface area contributed by atoms with Crippen molar-refractivity contribution in [2.24, 2.45) is 0 Å². The van der Waals surface area contributed by atoms with Gasteiger partial charge in [-0.05, 0) is 74.9 Å². The number of aryl methyl sites for hydroxylation is 1. The van der Waals surface area contributed by atoms with Gasteiger partial charge in [0.25, 0.3) is 0 Å². The minimum absolute atomic E-state index is 0.0152. The summed E-state index contributed by atoms with van der Waals surface area (Å²) in [7, 11) is 0. The Hall–Kier alpha value is -2.56. The Morgan fingerprint density at radius 3 is 2.79 bits per heavy atom. The Bertz CT molecular complexity index is 1100. The van der Waals surface area contributed by atoms with Crippen molar-refractivity contribution in [3.8, 4) is 0 Å². The van der Waals surface area contributed by atoms with E-state index >= 15 is 0 Å². The van der Waals surface area contributed by atoms with Crippen molar-refractivity contribution >= 4 is 46.0 Å². The molecule has 3 rings (SSSR count). The molecular weight excluding hydrogens is 535 g/mol. The minimum Gasteiger partial charge on any atom is -0.461 e. The molecule has 3 atom stereocenters. The first-order chi connectivity index (χ1) is 18.8. The average Bonchev–Trinajstić information content (AvgIpc) is 3.37. The number of carbonyl (C=O) groups excluding carboxylic acids is 2. The van der Waals surface area contributed by atoms with Gasteiger partial charge in [-0.25, -0.2) is 4.79 Å². The molecule has 1 aromatic heterocycles. The highest BCUT2D eigenvalue weighted by molar-refractivity contribution is 8.14. The van der Waals surface area contributed by atoms with Gasteiger partial charge < -0.3 is 20.7 Å². The molecule has 1 aromatic carbocycles. The molecule has 10 heteroatoms. The van der Waals surface area contributed by atoms with Crippen LogP contribution in [0.3, 0.4) is 0 Å². The van der Waals surface area contributed by atoms with Crippen LogP contribution in [-0.4, -0.2) is 64.9 Å². The molecule has 1 aliphatic rings. The Kier molecular flexibility index (Phi) is 12.6. The molecular formula is C29H39FN4O3S2. The van der Waals surface area contributed by atoms with Gasteiger partial charge in [-0.2, -0.15) is 11.8 Å². The van der Waals surface area contributed by atoms with Crippen molar-refractivity contribution in [2.75, 3.05) is 30.5 Å². The fourth-order valence-electron chi connectivity index (χ4n) is 4.33. The summed E-state index contributed by atoms with van der Waals surface area (Å²) < 4.78 is 18.8. The van der Waals surface area contributed by atoms with E-state index in [0.29, 0.717) is 24.2 Å². The largest absolute Gasteiger partial charge is 0.461 e. The minimum atomic E-state index is -0.534. The molecule has 1 fully saturated rings. The highest BCUT2D eigenvalue weighted by Gasteiger charge is 2.27. The van der Waals surface area contributed by atoms with Gasteiger partial charge in [0.2, 0.25) is 5.12 Å². The lowest BCUT2D eigenvalue weighted by Crippen LogP contribution is -2.38. The molecule has 0 amide bonds. The van der Waals surface area contributed by atoms with E-state index in [1.54, 1.807) is 36.3 Å². The van der Waals surface area contributed by atoms with E-state index in [2.05, 4.69) is 27.5 Å². The number of nitrogens with one attached hydrogen (secondary N) is 3. The molecule has 0 spiro atoms. The van der Waals surface area contributed by atoms with Gasteiger partial charge in [0.15, 0.2) is 0 Å². The van der Waals surface area contributed by atoms with Crippen molar-refractivity contribution in [3.63, 3.8) is 0 Å². The van der Waals surface area contributed by atoms with E-state index in [1.807, 2.05) is 38.3 Å². The lowest BCUT2D eigenvalue weighted by molar-refractivity contribution is -0.149. The predicted molar refractivity (Wildman–Crippen MR) is 161 cm³/mol. The van der Waals surface area contributed by atoms with Crippen LogP contribution in [0.15, 0.2) is 49.3 Å². The quantitative estimate of drug-likeness (QED) is 0.245. The molecule has 1 aliphatic heterocycles. The summed E-state index contributed by atoms with van der Waals surface area (Å²) in [5, 5.41) is 10.3. The molecule has 39 heavy (non-hydrogen) atoms. The number of benzene rings is 1. The average molecular weight is 575 g/mol. The second kappa shape index (κ2) is 15.9. The van der Waals surface area contributed by atoms with Crippen LogP contribution in [0, 0.1) is 0 Å². The molecule has 2 aromatic rings. The molecule has 0 bridgehead atoms. The van der Waals surface area contributed by atoms with Crippen LogP contribution in [-0.2, 0) is 16.0 Å². The van der Waals surface area contributed by atoms with Crippen LogP contribution in [0.1, 0.15) is 54.6 Å². The van der Waals surface area contributed by atoms with Crippen molar-refractivity contribution < 1.29 is 18.7 Å². The zero-order valence-corrected chi connectivity index (χ0v) is 24.5. The number of hydrogen-bond donors (Lipinski definition) is 3. The van der Waals surface area contributed by atoms with E-state index in [4.69, 9.17) is 4.74 Å². The number of esters is 1. The second-order valence-electron chi connectivity index (χ2n) is 9.71. The van der Waals surface area contributed by atoms with Gasteiger partial charge in [-0.3, -0.25) is 14.2 Å². The summed E-state index contributed by atoms with van der Waals surface area (Å²) in [5.74, 6) is 0.474. The van der Waals surface area contributed by atoms with Gasteiger partial charge in [-0.15, -0.1) is 0 Å². The smallest absolute Gasteiger partial charge is 0.328 e. The van der Waals surface area contributed by atoms with Crippen LogP contribution in [0.2, 0.25) is 0 Å². The maximum atomic E-state index is 13.3. The molecule has 3 unspecified atom stereocenters. The van der Waals surface area contributed by atoms with Gasteiger partial charge in [0, 0.05) is 53.9 Å². The van der Waals surface area contributed by atoms with E-state index in [0.717, 1.165) is 35.4 Å².